The van der Waals surface area contributed by atoms with Crippen molar-refractivity contribution in [3.63, 3.8) is 0 Å². The number of rotatable bonds is 6. The number of methoxy groups -OCH3 is 2. The second-order valence-corrected chi connectivity index (χ2v) is 7.73. The number of aromatic nitrogens is 3. The highest BCUT2D eigenvalue weighted by atomic mass is 32.1. The summed E-state index contributed by atoms with van der Waals surface area (Å²) in [5, 5.41) is 9.70. The fourth-order valence-electron chi connectivity index (χ4n) is 3.09. The number of hydrogen-bond donors (Lipinski definition) is 2. The largest absolute Gasteiger partial charge is 0.497 e. The van der Waals surface area contributed by atoms with E-state index in [2.05, 4.69) is 20.5 Å². The molecule has 0 radical (unpaired) electrons. The zero-order chi connectivity index (χ0) is 21.1. The first kappa shape index (κ1) is 19.7. The Kier molecular flexibility index (Phi) is 5.49. The van der Waals surface area contributed by atoms with Crippen LogP contribution in [0.5, 0.6) is 11.5 Å². The third kappa shape index (κ3) is 3.90. The number of para-hydroxylation sites is 1. The lowest BCUT2D eigenvalue weighted by Crippen LogP contribution is -2.11. The van der Waals surface area contributed by atoms with Crippen molar-refractivity contribution in [3.8, 4) is 34.0 Å². The number of nitrogens with zero attached hydrogens (tertiary/aromatic N) is 2. The Morgan fingerprint density at radius 2 is 1.80 bits per heavy atom. The fourth-order valence-corrected chi connectivity index (χ4v) is 4.03. The van der Waals surface area contributed by atoms with Gasteiger partial charge in [-0.2, -0.15) is 4.98 Å². The van der Waals surface area contributed by atoms with Crippen LogP contribution in [0.15, 0.2) is 54.6 Å². The minimum Gasteiger partial charge on any atom is -0.497 e. The second kappa shape index (κ2) is 8.38. The lowest BCUT2D eigenvalue weighted by molar-refractivity contribution is 0.102. The van der Waals surface area contributed by atoms with Crippen LogP contribution in [-0.4, -0.2) is 35.3 Å². The number of carbonyl (C=O) groups excluding carboxylic acids is 1. The molecule has 2 aromatic carbocycles. The van der Waals surface area contributed by atoms with Crippen molar-refractivity contribution >= 4 is 23.2 Å². The number of aryl methyl sites for hydroxylation is 1. The van der Waals surface area contributed by atoms with Gasteiger partial charge in [0.05, 0.1) is 24.7 Å². The number of thiophene rings is 1. The van der Waals surface area contributed by atoms with E-state index in [-0.39, 0.29) is 11.9 Å². The van der Waals surface area contributed by atoms with Crippen LogP contribution in [0.2, 0.25) is 0 Å². The Balaban J connectivity index is 1.53. The molecule has 8 heteroatoms. The van der Waals surface area contributed by atoms with Gasteiger partial charge in [-0.05, 0) is 48.4 Å². The third-order valence-electron chi connectivity index (χ3n) is 4.62. The molecule has 2 N–H and O–H groups in total. The van der Waals surface area contributed by atoms with E-state index in [1.807, 2.05) is 61.5 Å². The van der Waals surface area contributed by atoms with Crippen LogP contribution in [0.4, 0.5) is 5.95 Å². The summed E-state index contributed by atoms with van der Waals surface area (Å²) in [6.45, 7) is 1.99. The lowest BCUT2D eigenvalue weighted by Gasteiger charge is -2.04. The van der Waals surface area contributed by atoms with Gasteiger partial charge in [0.1, 0.15) is 11.5 Å². The monoisotopic (exact) mass is 420 g/mol. The first-order valence-electron chi connectivity index (χ1n) is 9.21. The van der Waals surface area contributed by atoms with Crippen molar-refractivity contribution in [2.24, 2.45) is 0 Å². The smallest absolute Gasteiger partial charge is 0.268 e. The molecule has 0 aliphatic heterocycles. The average Bonchev–Trinajstić information content (AvgIpc) is 3.40. The molecule has 0 aliphatic carbocycles. The van der Waals surface area contributed by atoms with Gasteiger partial charge in [-0.1, -0.05) is 24.3 Å². The van der Waals surface area contributed by atoms with Gasteiger partial charge in [0, 0.05) is 4.88 Å². The Morgan fingerprint density at radius 3 is 2.53 bits per heavy atom. The summed E-state index contributed by atoms with van der Waals surface area (Å²) in [7, 11) is 3.23. The molecule has 2 aromatic heterocycles. The quantitative estimate of drug-likeness (QED) is 0.469. The zero-order valence-corrected chi connectivity index (χ0v) is 17.5. The maximum Gasteiger partial charge on any atom is 0.268 e. The highest BCUT2D eigenvalue weighted by Gasteiger charge is 2.17. The van der Waals surface area contributed by atoms with Crippen molar-refractivity contribution in [3.05, 3.63) is 64.4 Å². The summed E-state index contributed by atoms with van der Waals surface area (Å²) in [6.07, 6.45) is 0. The van der Waals surface area contributed by atoms with Crippen molar-refractivity contribution in [1.29, 1.82) is 0 Å². The highest BCUT2D eigenvalue weighted by Crippen LogP contribution is 2.32. The van der Waals surface area contributed by atoms with E-state index in [4.69, 9.17) is 9.47 Å². The predicted octanol–water partition coefficient (Wildman–Crippen LogP) is 4.78. The summed E-state index contributed by atoms with van der Waals surface area (Å²) in [5.41, 5.74) is 2.80. The Morgan fingerprint density at radius 1 is 1.03 bits per heavy atom. The molecule has 7 nitrogen and oxygen atoms in total. The molecule has 0 unspecified atom stereocenters. The van der Waals surface area contributed by atoms with E-state index in [0.717, 1.165) is 27.3 Å². The molecule has 4 rings (SSSR count). The Labute approximate surface area is 177 Å². The molecular weight excluding hydrogens is 400 g/mol. The van der Waals surface area contributed by atoms with Gasteiger partial charge in [-0.15, -0.1) is 16.4 Å². The molecule has 4 aromatic rings. The molecule has 0 fully saturated rings. The predicted molar refractivity (Wildman–Crippen MR) is 117 cm³/mol. The number of hydrogen-bond acceptors (Lipinski definition) is 6. The van der Waals surface area contributed by atoms with Crippen molar-refractivity contribution < 1.29 is 14.3 Å². The molecule has 0 atom stereocenters. The Bertz CT molecular complexity index is 1180. The van der Waals surface area contributed by atoms with Crippen LogP contribution < -0.4 is 14.8 Å². The van der Waals surface area contributed by atoms with Gasteiger partial charge < -0.3 is 9.47 Å². The molecule has 0 spiro atoms. The minimum absolute atomic E-state index is 0.206. The number of H-pyrrole nitrogens is 1. The van der Waals surface area contributed by atoms with Crippen molar-refractivity contribution in [2.45, 2.75) is 6.92 Å². The van der Waals surface area contributed by atoms with E-state index in [9.17, 15) is 4.79 Å². The maximum atomic E-state index is 12.7. The van der Waals surface area contributed by atoms with Gasteiger partial charge in [-0.3, -0.25) is 15.2 Å². The number of ether oxygens (including phenoxy) is 2. The van der Waals surface area contributed by atoms with Crippen LogP contribution >= 0.6 is 11.3 Å². The SMILES string of the molecule is COc1ccc(-c2cc(C(=O)Nc3n[nH]c(-c4ccccc4OC)n3)sc2C)cc1. The zero-order valence-electron chi connectivity index (χ0n) is 16.7. The number of amides is 1. The first-order valence-corrected chi connectivity index (χ1v) is 10.0. The average molecular weight is 420 g/mol. The summed E-state index contributed by atoms with van der Waals surface area (Å²) >= 11 is 1.43. The topological polar surface area (TPSA) is 89.1 Å². The summed E-state index contributed by atoms with van der Waals surface area (Å²) in [4.78, 5) is 18.8. The van der Waals surface area contributed by atoms with E-state index in [1.54, 1.807) is 14.2 Å². The van der Waals surface area contributed by atoms with Gasteiger partial charge in [0.2, 0.25) is 5.95 Å². The number of aromatic amines is 1. The molecular formula is C22H20N4O3S. The summed E-state index contributed by atoms with van der Waals surface area (Å²) in [5.74, 6) is 1.93. The lowest BCUT2D eigenvalue weighted by atomic mass is 10.1. The maximum absolute atomic E-state index is 12.7. The number of nitrogens with one attached hydrogen (secondary N) is 2. The third-order valence-corrected chi connectivity index (χ3v) is 5.66. The van der Waals surface area contributed by atoms with Crippen LogP contribution in [-0.2, 0) is 0 Å². The minimum atomic E-state index is -0.256. The molecule has 2 heterocycles. The number of carbonyl (C=O) groups is 1. The normalized spacial score (nSPS) is 10.6. The van der Waals surface area contributed by atoms with Gasteiger partial charge in [0.25, 0.3) is 5.91 Å². The van der Waals surface area contributed by atoms with E-state index < -0.39 is 0 Å². The molecule has 0 aliphatic rings. The number of benzene rings is 2. The molecule has 152 valence electrons. The van der Waals surface area contributed by atoms with Gasteiger partial charge in [0.15, 0.2) is 5.82 Å². The molecule has 1 amide bonds. The van der Waals surface area contributed by atoms with Crippen molar-refractivity contribution in [2.75, 3.05) is 19.5 Å². The van der Waals surface area contributed by atoms with E-state index in [0.29, 0.717) is 16.5 Å². The summed E-state index contributed by atoms with van der Waals surface area (Å²) in [6, 6.07) is 17.1. The van der Waals surface area contributed by atoms with Gasteiger partial charge in [-0.25, -0.2) is 0 Å². The second-order valence-electron chi connectivity index (χ2n) is 6.47. The molecule has 0 bridgehead atoms. The van der Waals surface area contributed by atoms with Crippen LogP contribution in [0.1, 0.15) is 14.5 Å². The van der Waals surface area contributed by atoms with Gasteiger partial charge >= 0.3 is 0 Å². The standard InChI is InChI=1S/C22H20N4O3S/c1-13-17(14-8-10-15(28-2)11-9-14)12-19(30-13)21(27)24-22-23-20(25-26-22)16-6-4-5-7-18(16)29-3/h4-12H,1-3H3,(H2,23,24,25,26,27). The highest BCUT2D eigenvalue weighted by molar-refractivity contribution is 7.14. The fraction of sp³-hybridized carbons (Fsp3) is 0.136. The van der Waals surface area contributed by atoms with Crippen molar-refractivity contribution in [1.82, 2.24) is 15.2 Å². The van der Waals surface area contributed by atoms with E-state index in [1.165, 1.54) is 11.3 Å². The van der Waals surface area contributed by atoms with Crippen LogP contribution in [0.25, 0.3) is 22.5 Å². The molecule has 0 saturated carbocycles. The Hall–Kier alpha value is -3.65. The molecule has 30 heavy (non-hydrogen) atoms. The molecule has 0 saturated heterocycles. The van der Waals surface area contributed by atoms with E-state index >= 15 is 0 Å². The van der Waals surface area contributed by atoms with Crippen LogP contribution in [0.3, 0.4) is 0 Å². The summed E-state index contributed by atoms with van der Waals surface area (Å²) < 4.78 is 10.6. The number of anilines is 1. The van der Waals surface area contributed by atoms with Crippen LogP contribution in [0, 0.1) is 6.92 Å². The first-order chi connectivity index (χ1) is 14.6.